The topological polar surface area (TPSA) is 86.8 Å². The first-order valence-electron chi connectivity index (χ1n) is 7.05. The maximum atomic E-state index is 11.3. The molecule has 0 radical (unpaired) electrons. The second-order valence-electron chi connectivity index (χ2n) is 5.38. The summed E-state index contributed by atoms with van der Waals surface area (Å²) in [6, 6.07) is 4.05. The molecular formula is C15H22N2O3. The van der Waals surface area contributed by atoms with Crippen LogP contribution in [0, 0.1) is 6.92 Å². The van der Waals surface area contributed by atoms with Gasteiger partial charge < -0.3 is 20.8 Å². The van der Waals surface area contributed by atoms with Crippen molar-refractivity contribution in [2.75, 3.05) is 23.8 Å². The van der Waals surface area contributed by atoms with Gasteiger partial charge in [0.2, 0.25) is 0 Å². The standard InChI is InChI=1S/C15H22N2O3/c1-10-8-12(9-13(14(10)16)15(19)20)17(6-3-7-18)11-4-2-5-11/h8-9,11,18H,2-7,16H2,1H3,(H,19,20). The Labute approximate surface area is 119 Å². The summed E-state index contributed by atoms with van der Waals surface area (Å²) in [7, 11) is 0. The van der Waals surface area contributed by atoms with Gasteiger partial charge in [-0.05, 0) is 50.3 Å². The molecule has 5 nitrogen and oxygen atoms in total. The number of hydrogen-bond donors (Lipinski definition) is 3. The predicted molar refractivity (Wildman–Crippen MR) is 79.2 cm³/mol. The van der Waals surface area contributed by atoms with Gasteiger partial charge in [0.05, 0.1) is 5.56 Å². The summed E-state index contributed by atoms with van der Waals surface area (Å²) < 4.78 is 0. The summed E-state index contributed by atoms with van der Waals surface area (Å²) >= 11 is 0. The number of carbonyl (C=O) groups is 1. The lowest BCUT2D eigenvalue weighted by molar-refractivity contribution is 0.0698. The minimum absolute atomic E-state index is 0.142. The molecule has 0 unspecified atom stereocenters. The van der Waals surface area contributed by atoms with Crippen LogP contribution in [0.1, 0.15) is 41.6 Å². The van der Waals surface area contributed by atoms with Gasteiger partial charge in [-0.25, -0.2) is 4.79 Å². The van der Waals surface area contributed by atoms with Gasteiger partial charge in [-0.3, -0.25) is 0 Å². The van der Waals surface area contributed by atoms with Gasteiger partial charge in [0.15, 0.2) is 0 Å². The molecule has 1 aromatic rings. The molecule has 0 spiro atoms. The molecule has 1 aliphatic carbocycles. The Balaban J connectivity index is 2.34. The lowest BCUT2D eigenvalue weighted by Gasteiger charge is -2.39. The maximum absolute atomic E-state index is 11.3. The van der Waals surface area contributed by atoms with Crippen LogP contribution in [0.15, 0.2) is 12.1 Å². The number of hydrogen-bond acceptors (Lipinski definition) is 4. The minimum atomic E-state index is -0.997. The van der Waals surface area contributed by atoms with Gasteiger partial charge in [-0.15, -0.1) is 0 Å². The summed E-state index contributed by atoms with van der Waals surface area (Å²) in [5, 5.41) is 18.3. The molecule has 5 heteroatoms. The first-order chi connectivity index (χ1) is 9.54. The first-order valence-corrected chi connectivity index (χ1v) is 7.05. The van der Waals surface area contributed by atoms with Crippen molar-refractivity contribution in [1.82, 2.24) is 0 Å². The molecule has 2 rings (SSSR count). The number of aromatic carboxylic acids is 1. The zero-order valence-electron chi connectivity index (χ0n) is 11.8. The van der Waals surface area contributed by atoms with Crippen molar-refractivity contribution < 1.29 is 15.0 Å². The van der Waals surface area contributed by atoms with E-state index in [-0.39, 0.29) is 12.2 Å². The third-order valence-electron chi connectivity index (χ3n) is 4.01. The highest BCUT2D eigenvalue weighted by molar-refractivity contribution is 5.95. The van der Waals surface area contributed by atoms with Crippen LogP contribution >= 0.6 is 0 Å². The smallest absolute Gasteiger partial charge is 0.337 e. The molecule has 0 aliphatic heterocycles. The van der Waals surface area contributed by atoms with E-state index in [1.165, 1.54) is 6.42 Å². The highest BCUT2D eigenvalue weighted by atomic mass is 16.4. The van der Waals surface area contributed by atoms with E-state index in [9.17, 15) is 9.90 Å². The van der Waals surface area contributed by atoms with Gasteiger partial charge in [0.25, 0.3) is 0 Å². The minimum Gasteiger partial charge on any atom is -0.478 e. The molecule has 0 heterocycles. The fraction of sp³-hybridized carbons (Fsp3) is 0.533. The van der Waals surface area contributed by atoms with Crippen molar-refractivity contribution in [3.63, 3.8) is 0 Å². The largest absolute Gasteiger partial charge is 0.478 e. The van der Waals surface area contributed by atoms with Crippen molar-refractivity contribution in [1.29, 1.82) is 0 Å². The molecule has 0 atom stereocenters. The van der Waals surface area contributed by atoms with E-state index in [0.29, 0.717) is 18.2 Å². The molecule has 1 fully saturated rings. The number of nitrogens with zero attached hydrogens (tertiary/aromatic N) is 1. The lowest BCUT2D eigenvalue weighted by atomic mass is 9.90. The van der Waals surface area contributed by atoms with E-state index in [0.717, 1.165) is 30.6 Å². The number of aliphatic hydroxyl groups is 1. The first kappa shape index (κ1) is 14.7. The van der Waals surface area contributed by atoms with Crippen LogP contribution in [-0.4, -0.2) is 35.4 Å². The molecule has 0 aromatic heterocycles. The summed E-state index contributed by atoms with van der Waals surface area (Å²) in [6.45, 7) is 2.71. The highest BCUT2D eigenvalue weighted by Gasteiger charge is 2.26. The average molecular weight is 278 g/mol. The van der Waals surface area contributed by atoms with Gasteiger partial charge in [0.1, 0.15) is 0 Å². The van der Waals surface area contributed by atoms with E-state index >= 15 is 0 Å². The molecule has 1 aliphatic rings. The van der Waals surface area contributed by atoms with Crippen LogP contribution in [-0.2, 0) is 0 Å². The summed E-state index contributed by atoms with van der Waals surface area (Å²) in [5.41, 5.74) is 8.01. The van der Waals surface area contributed by atoms with E-state index in [4.69, 9.17) is 10.8 Å². The number of carboxylic acid groups (broad SMARTS) is 1. The molecule has 0 saturated heterocycles. The van der Waals surface area contributed by atoms with Crippen molar-refractivity contribution in [3.8, 4) is 0 Å². The van der Waals surface area contributed by atoms with Crippen LogP contribution in [0.5, 0.6) is 0 Å². The molecule has 20 heavy (non-hydrogen) atoms. The fourth-order valence-corrected chi connectivity index (χ4v) is 2.58. The number of anilines is 2. The van der Waals surface area contributed by atoms with Crippen molar-refractivity contribution >= 4 is 17.3 Å². The molecule has 1 aromatic carbocycles. The van der Waals surface area contributed by atoms with Crippen molar-refractivity contribution in [2.24, 2.45) is 0 Å². The number of nitrogen functional groups attached to an aromatic ring is 1. The van der Waals surface area contributed by atoms with Crippen LogP contribution in [0.3, 0.4) is 0 Å². The van der Waals surface area contributed by atoms with Crippen molar-refractivity contribution in [2.45, 2.75) is 38.6 Å². The number of aryl methyl sites for hydroxylation is 1. The highest BCUT2D eigenvalue weighted by Crippen LogP contribution is 2.32. The van der Waals surface area contributed by atoms with Crippen LogP contribution in [0.2, 0.25) is 0 Å². The summed E-state index contributed by atoms with van der Waals surface area (Å²) in [4.78, 5) is 13.5. The maximum Gasteiger partial charge on any atom is 0.337 e. The van der Waals surface area contributed by atoms with Crippen molar-refractivity contribution in [3.05, 3.63) is 23.3 Å². The Bertz CT molecular complexity index is 498. The molecule has 0 bridgehead atoms. The quantitative estimate of drug-likeness (QED) is 0.693. The Morgan fingerprint density at radius 2 is 2.15 bits per heavy atom. The van der Waals surface area contributed by atoms with Crippen LogP contribution < -0.4 is 10.6 Å². The third kappa shape index (κ3) is 2.88. The lowest BCUT2D eigenvalue weighted by Crippen LogP contribution is -2.41. The fourth-order valence-electron chi connectivity index (χ4n) is 2.58. The van der Waals surface area contributed by atoms with E-state index in [2.05, 4.69) is 4.90 Å². The second-order valence-corrected chi connectivity index (χ2v) is 5.38. The SMILES string of the molecule is Cc1cc(N(CCCO)C2CCC2)cc(C(=O)O)c1N. The van der Waals surface area contributed by atoms with Crippen LogP contribution in [0.4, 0.5) is 11.4 Å². The predicted octanol–water partition coefficient (Wildman–Crippen LogP) is 2.02. The zero-order chi connectivity index (χ0) is 14.7. The number of rotatable bonds is 6. The number of benzene rings is 1. The Kier molecular flexibility index (Phi) is 4.49. The monoisotopic (exact) mass is 278 g/mol. The molecule has 4 N–H and O–H groups in total. The zero-order valence-corrected chi connectivity index (χ0v) is 11.8. The molecule has 1 saturated carbocycles. The normalized spacial score (nSPS) is 14.9. The molecular weight excluding hydrogens is 256 g/mol. The van der Waals surface area contributed by atoms with E-state index < -0.39 is 5.97 Å². The third-order valence-corrected chi connectivity index (χ3v) is 4.01. The van der Waals surface area contributed by atoms with Gasteiger partial charge >= 0.3 is 5.97 Å². The second kappa shape index (κ2) is 6.13. The van der Waals surface area contributed by atoms with Crippen LogP contribution in [0.25, 0.3) is 0 Å². The Morgan fingerprint density at radius 3 is 2.65 bits per heavy atom. The molecule has 0 amide bonds. The van der Waals surface area contributed by atoms with Gasteiger partial charge in [0, 0.05) is 30.6 Å². The summed E-state index contributed by atoms with van der Waals surface area (Å²) in [5.74, 6) is -0.997. The Morgan fingerprint density at radius 1 is 1.45 bits per heavy atom. The number of nitrogens with two attached hydrogens (primary N) is 1. The summed E-state index contributed by atoms with van der Waals surface area (Å²) in [6.07, 6.45) is 4.14. The Hall–Kier alpha value is -1.75. The number of carboxylic acids is 1. The number of aliphatic hydroxyl groups excluding tert-OH is 1. The van der Waals surface area contributed by atoms with Gasteiger partial charge in [-0.2, -0.15) is 0 Å². The van der Waals surface area contributed by atoms with Gasteiger partial charge in [-0.1, -0.05) is 0 Å². The van der Waals surface area contributed by atoms with E-state index in [1.54, 1.807) is 6.07 Å². The average Bonchev–Trinajstić information content (AvgIpc) is 2.34. The molecule has 110 valence electrons. The van der Waals surface area contributed by atoms with E-state index in [1.807, 2.05) is 13.0 Å².